The fraction of sp³-hybridized carbons (Fsp3) is 0.250. The normalized spacial score (nSPS) is 11.6. The number of rotatable bonds is 12. The summed E-state index contributed by atoms with van der Waals surface area (Å²) in [6.07, 6.45) is 2.28. The zero-order chi connectivity index (χ0) is 26.7. The molecule has 0 saturated heterocycles. The number of nitrogens with one attached hydrogen (secondary N) is 1. The topological polar surface area (TPSA) is 58.6 Å². The molecule has 5 nitrogen and oxygen atoms in total. The number of nitrogens with zero attached hydrogens (tertiary/aromatic N) is 1. The molecule has 0 aliphatic rings. The first-order valence-corrected chi connectivity index (χ1v) is 13.8. The Morgan fingerprint density at radius 2 is 1.53 bits per heavy atom. The third-order valence-corrected chi connectivity index (χ3v) is 7.29. The quantitative estimate of drug-likeness (QED) is 0.196. The highest BCUT2D eigenvalue weighted by molar-refractivity contribution is 9.10. The summed E-state index contributed by atoms with van der Waals surface area (Å²) in [5.41, 5.74) is 1.94. The molecule has 0 spiro atoms. The van der Waals surface area contributed by atoms with E-state index < -0.39 is 6.04 Å². The van der Waals surface area contributed by atoms with Gasteiger partial charge in [0.05, 0.1) is 4.47 Å². The lowest BCUT2D eigenvalue weighted by Gasteiger charge is -2.31. The molecule has 196 valence electrons. The molecule has 0 bridgehead atoms. The highest BCUT2D eigenvalue weighted by Gasteiger charge is 2.30. The van der Waals surface area contributed by atoms with Crippen LogP contribution in [-0.4, -0.2) is 35.9 Å². The molecular formula is C32H33BrN2O3. The van der Waals surface area contributed by atoms with Gasteiger partial charge in [-0.1, -0.05) is 104 Å². The molecule has 1 N–H and O–H groups in total. The standard InChI is InChI=1S/C32H33BrN2O3/c1-2-3-20-34-32(37)28(21-24-12-6-4-7-13-24)35(22-25-14-8-5-9-15-25)30(36)23-38-29-19-18-26-16-10-11-17-27(26)31(29)33/h4-19,28H,2-3,20-23H2,1H3,(H,34,37)/t28-/m1/s1. The molecule has 4 aromatic rings. The highest BCUT2D eigenvalue weighted by Crippen LogP contribution is 2.33. The molecular weight excluding hydrogens is 540 g/mol. The van der Waals surface area contributed by atoms with E-state index in [0.717, 1.165) is 39.2 Å². The van der Waals surface area contributed by atoms with Gasteiger partial charge >= 0.3 is 0 Å². The fourth-order valence-corrected chi connectivity index (χ4v) is 5.00. The van der Waals surface area contributed by atoms with Crippen LogP contribution in [0.25, 0.3) is 10.8 Å². The SMILES string of the molecule is CCCCNC(=O)[C@@H](Cc1ccccc1)N(Cc1ccccc1)C(=O)COc1ccc2ccccc2c1Br. The first kappa shape index (κ1) is 27.4. The van der Waals surface area contributed by atoms with Crippen LogP contribution in [0, 0.1) is 0 Å². The van der Waals surface area contributed by atoms with Crippen LogP contribution in [0.4, 0.5) is 0 Å². The van der Waals surface area contributed by atoms with Crippen LogP contribution in [0.3, 0.4) is 0 Å². The van der Waals surface area contributed by atoms with Crippen molar-refractivity contribution in [3.63, 3.8) is 0 Å². The van der Waals surface area contributed by atoms with Crippen molar-refractivity contribution in [2.75, 3.05) is 13.2 Å². The van der Waals surface area contributed by atoms with E-state index in [2.05, 4.69) is 28.2 Å². The first-order chi connectivity index (χ1) is 18.6. The number of hydrogen-bond donors (Lipinski definition) is 1. The molecule has 0 radical (unpaired) electrons. The molecule has 4 rings (SSSR count). The van der Waals surface area contributed by atoms with Crippen LogP contribution in [0.2, 0.25) is 0 Å². The Morgan fingerprint density at radius 3 is 2.24 bits per heavy atom. The van der Waals surface area contributed by atoms with Gasteiger partial charge in [0.15, 0.2) is 6.61 Å². The van der Waals surface area contributed by atoms with Crippen molar-refractivity contribution >= 4 is 38.5 Å². The van der Waals surface area contributed by atoms with Gasteiger partial charge in [-0.15, -0.1) is 0 Å². The maximum atomic E-state index is 13.8. The van der Waals surface area contributed by atoms with Crippen LogP contribution in [0.1, 0.15) is 30.9 Å². The number of hydrogen-bond acceptors (Lipinski definition) is 3. The van der Waals surface area contributed by atoms with Gasteiger partial charge in [-0.05, 0) is 50.3 Å². The number of benzene rings is 4. The van der Waals surface area contributed by atoms with Gasteiger partial charge in [-0.2, -0.15) is 0 Å². The van der Waals surface area contributed by atoms with E-state index in [9.17, 15) is 9.59 Å². The number of carbonyl (C=O) groups excluding carboxylic acids is 2. The molecule has 0 aliphatic carbocycles. The van der Waals surface area contributed by atoms with Crippen molar-refractivity contribution in [2.24, 2.45) is 0 Å². The van der Waals surface area contributed by atoms with Crippen LogP contribution in [0.15, 0.2) is 102 Å². The Bertz CT molecular complexity index is 1340. The van der Waals surface area contributed by atoms with Gasteiger partial charge in [0, 0.05) is 19.5 Å². The smallest absolute Gasteiger partial charge is 0.261 e. The highest BCUT2D eigenvalue weighted by atomic mass is 79.9. The maximum absolute atomic E-state index is 13.8. The summed E-state index contributed by atoms with van der Waals surface area (Å²) >= 11 is 3.64. The van der Waals surface area contributed by atoms with E-state index in [1.165, 1.54) is 0 Å². The number of fused-ring (bicyclic) bond motifs is 1. The van der Waals surface area contributed by atoms with Gasteiger partial charge in [0.25, 0.3) is 5.91 Å². The second kappa shape index (κ2) is 13.8. The molecule has 4 aromatic carbocycles. The number of halogens is 1. The zero-order valence-electron chi connectivity index (χ0n) is 21.6. The Kier molecular flexibility index (Phi) is 9.93. The minimum atomic E-state index is -0.675. The monoisotopic (exact) mass is 572 g/mol. The van der Waals surface area contributed by atoms with Crippen molar-refractivity contribution in [1.82, 2.24) is 10.2 Å². The van der Waals surface area contributed by atoms with Crippen LogP contribution in [-0.2, 0) is 22.6 Å². The predicted molar refractivity (Wildman–Crippen MR) is 156 cm³/mol. The summed E-state index contributed by atoms with van der Waals surface area (Å²) in [7, 11) is 0. The summed E-state index contributed by atoms with van der Waals surface area (Å²) in [5.74, 6) is 0.183. The first-order valence-electron chi connectivity index (χ1n) is 13.0. The lowest BCUT2D eigenvalue weighted by atomic mass is 10.0. The lowest BCUT2D eigenvalue weighted by molar-refractivity contribution is -0.142. The van der Waals surface area contributed by atoms with Crippen LogP contribution >= 0.6 is 15.9 Å². The lowest BCUT2D eigenvalue weighted by Crippen LogP contribution is -2.51. The van der Waals surface area contributed by atoms with Crippen molar-refractivity contribution < 1.29 is 14.3 Å². The second-order valence-electron chi connectivity index (χ2n) is 9.24. The molecule has 0 saturated carbocycles. The Morgan fingerprint density at radius 1 is 0.868 bits per heavy atom. The Labute approximate surface area is 232 Å². The molecule has 2 amide bonds. The average molecular weight is 574 g/mol. The summed E-state index contributed by atoms with van der Waals surface area (Å²) in [6, 6.07) is 30.7. The maximum Gasteiger partial charge on any atom is 0.261 e. The summed E-state index contributed by atoms with van der Waals surface area (Å²) < 4.78 is 6.84. The van der Waals surface area contributed by atoms with Gasteiger partial charge in [-0.3, -0.25) is 9.59 Å². The number of amides is 2. The average Bonchev–Trinajstić information content (AvgIpc) is 2.95. The van der Waals surface area contributed by atoms with Crippen molar-refractivity contribution in [3.05, 3.63) is 113 Å². The fourth-order valence-electron chi connectivity index (χ4n) is 4.39. The molecule has 6 heteroatoms. The Balaban J connectivity index is 1.60. The number of carbonyl (C=O) groups is 2. The predicted octanol–water partition coefficient (Wildman–Crippen LogP) is 6.54. The largest absolute Gasteiger partial charge is 0.483 e. The van der Waals surface area contributed by atoms with E-state index in [1.54, 1.807) is 4.90 Å². The van der Waals surface area contributed by atoms with Crippen molar-refractivity contribution in [2.45, 2.75) is 38.8 Å². The summed E-state index contributed by atoms with van der Waals surface area (Å²) in [5, 5.41) is 5.14. The molecule has 1 atom stereocenters. The molecule has 38 heavy (non-hydrogen) atoms. The minimum absolute atomic E-state index is 0.154. The van der Waals surface area contributed by atoms with Gasteiger partial charge in [0.1, 0.15) is 11.8 Å². The van der Waals surface area contributed by atoms with Gasteiger partial charge in [-0.25, -0.2) is 0 Å². The number of unbranched alkanes of at least 4 members (excludes halogenated alkanes) is 1. The van der Waals surface area contributed by atoms with Crippen LogP contribution in [0.5, 0.6) is 5.75 Å². The Hall–Kier alpha value is -3.64. The zero-order valence-corrected chi connectivity index (χ0v) is 23.2. The summed E-state index contributed by atoms with van der Waals surface area (Å²) in [4.78, 5) is 28.9. The third kappa shape index (κ3) is 7.23. The van der Waals surface area contributed by atoms with Crippen LogP contribution < -0.4 is 10.1 Å². The molecule has 0 fully saturated rings. The van der Waals surface area contributed by atoms with E-state index in [1.807, 2.05) is 97.1 Å². The molecule has 0 unspecified atom stereocenters. The van der Waals surface area contributed by atoms with E-state index in [4.69, 9.17) is 4.74 Å². The third-order valence-electron chi connectivity index (χ3n) is 6.48. The van der Waals surface area contributed by atoms with E-state index >= 15 is 0 Å². The number of ether oxygens (including phenoxy) is 1. The molecule has 0 heterocycles. The summed E-state index contributed by atoms with van der Waals surface area (Å²) in [6.45, 7) is 2.79. The van der Waals surface area contributed by atoms with E-state index in [0.29, 0.717) is 25.3 Å². The van der Waals surface area contributed by atoms with E-state index in [-0.39, 0.29) is 18.4 Å². The van der Waals surface area contributed by atoms with Crippen molar-refractivity contribution in [3.8, 4) is 5.75 Å². The molecule has 0 aliphatic heterocycles. The van der Waals surface area contributed by atoms with Gasteiger partial charge in [0.2, 0.25) is 5.91 Å². The minimum Gasteiger partial charge on any atom is -0.483 e. The van der Waals surface area contributed by atoms with Crippen molar-refractivity contribution in [1.29, 1.82) is 0 Å². The second-order valence-corrected chi connectivity index (χ2v) is 10.0. The molecule has 0 aromatic heterocycles. The van der Waals surface area contributed by atoms with Gasteiger partial charge < -0.3 is 15.0 Å².